The predicted molar refractivity (Wildman–Crippen MR) is 95.9 cm³/mol. The van der Waals surface area contributed by atoms with Crippen molar-refractivity contribution in [3.8, 4) is 5.75 Å². The number of hydrogen-bond acceptors (Lipinski definition) is 6. The van der Waals surface area contributed by atoms with E-state index in [0.717, 1.165) is 0 Å². The standard InChI is InChI=1S/C17H23BN2O7/c1-10(21)20-7-5-11(6-8-20)16(23)19-14(18(26)27)9-12-3-2-4-13(15(12)22)17(24)25/h2-4,11,14,22,26-27H,5-9H2,1H3,(H,19,23)(H,24,25)/t14-/m0/s1. The number of phenols is 1. The summed E-state index contributed by atoms with van der Waals surface area (Å²) in [5, 5.41) is 40.9. The molecule has 1 fully saturated rings. The van der Waals surface area contributed by atoms with Crippen LogP contribution in [0.3, 0.4) is 0 Å². The number of likely N-dealkylation sites (tertiary alicyclic amines) is 1. The van der Waals surface area contributed by atoms with Gasteiger partial charge in [-0.25, -0.2) is 4.79 Å². The highest BCUT2D eigenvalue weighted by atomic mass is 16.4. The topological polar surface area (TPSA) is 147 Å². The molecule has 9 nitrogen and oxygen atoms in total. The molecule has 0 aliphatic carbocycles. The molecular weight excluding hydrogens is 355 g/mol. The van der Waals surface area contributed by atoms with Crippen molar-refractivity contribution in [1.29, 1.82) is 0 Å². The minimum atomic E-state index is -1.89. The molecule has 0 spiro atoms. The summed E-state index contributed by atoms with van der Waals surface area (Å²) in [5.74, 6) is -3.67. The number of nitrogens with zero attached hydrogens (tertiary/aromatic N) is 1. The number of hydrogen-bond donors (Lipinski definition) is 5. The number of nitrogens with one attached hydrogen (secondary N) is 1. The van der Waals surface area contributed by atoms with Crippen LogP contribution in [0.5, 0.6) is 5.75 Å². The average molecular weight is 378 g/mol. The van der Waals surface area contributed by atoms with E-state index in [2.05, 4.69) is 5.32 Å². The van der Waals surface area contributed by atoms with Crippen LogP contribution in [0.2, 0.25) is 0 Å². The number of carbonyl (C=O) groups excluding carboxylic acids is 2. The lowest BCUT2D eigenvalue weighted by atomic mass is 9.75. The van der Waals surface area contributed by atoms with E-state index in [4.69, 9.17) is 5.11 Å². The van der Waals surface area contributed by atoms with Crippen molar-refractivity contribution in [3.63, 3.8) is 0 Å². The van der Waals surface area contributed by atoms with Crippen molar-refractivity contribution < 1.29 is 34.6 Å². The average Bonchev–Trinajstić information content (AvgIpc) is 2.62. The number of aromatic hydroxyl groups is 1. The highest BCUT2D eigenvalue weighted by Gasteiger charge is 2.32. The highest BCUT2D eigenvalue weighted by Crippen LogP contribution is 2.24. The SMILES string of the molecule is CC(=O)N1CCC(C(=O)N[C@@H](Cc2cccc(C(=O)O)c2O)B(O)O)CC1. The first-order chi connectivity index (χ1) is 12.7. The van der Waals surface area contributed by atoms with Crippen LogP contribution >= 0.6 is 0 Å². The zero-order valence-electron chi connectivity index (χ0n) is 15.0. The number of para-hydroxylation sites is 1. The lowest BCUT2D eigenvalue weighted by molar-refractivity contribution is -0.134. The first kappa shape index (κ1) is 20.7. The molecule has 1 aliphatic rings. The minimum absolute atomic E-state index is 0.0497. The molecular formula is C17H23BN2O7. The van der Waals surface area contributed by atoms with Crippen LogP contribution in [-0.4, -0.2) is 69.1 Å². The Morgan fingerprint density at radius 1 is 1.26 bits per heavy atom. The molecule has 1 atom stereocenters. The smallest absolute Gasteiger partial charge is 0.475 e. The van der Waals surface area contributed by atoms with Crippen LogP contribution in [0.25, 0.3) is 0 Å². The maximum Gasteiger partial charge on any atom is 0.475 e. The maximum atomic E-state index is 12.4. The number of carboxylic acids is 1. The van der Waals surface area contributed by atoms with Gasteiger partial charge in [0.05, 0.1) is 5.94 Å². The van der Waals surface area contributed by atoms with Gasteiger partial charge in [-0.1, -0.05) is 12.1 Å². The summed E-state index contributed by atoms with van der Waals surface area (Å²) < 4.78 is 0. The predicted octanol–water partition coefficient (Wildman–Crippen LogP) is -0.612. The number of rotatable bonds is 6. The van der Waals surface area contributed by atoms with Gasteiger partial charge in [-0.05, 0) is 30.9 Å². The zero-order valence-corrected chi connectivity index (χ0v) is 15.0. The highest BCUT2D eigenvalue weighted by molar-refractivity contribution is 6.43. The van der Waals surface area contributed by atoms with Gasteiger partial charge in [-0.15, -0.1) is 0 Å². The lowest BCUT2D eigenvalue weighted by Crippen LogP contribution is -2.51. The summed E-state index contributed by atoms with van der Waals surface area (Å²) in [5.41, 5.74) is -0.124. The van der Waals surface area contributed by atoms with Crippen molar-refractivity contribution in [3.05, 3.63) is 29.3 Å². The molecule has 1 saturated heterocycles. The van der Waals surface area contributed by atoms with E-state index in [-0.39, 0.29) is 35.3 Å². The number of benzene rings is 1. The molecule has 0 saturated carbocycles. The van der Waals surface area contributed by atoms with Crippen molar-refractivity contribution >= 4 is 24.9 Å². The van der Waals surface area contributed by atoms with Crippen LogP contribution in [0, 0.1) is 5.92 Å². The van der Waals surface area contributed by atoms with Gasteiger partial charge < -0.3 is 30.5 Å². The van der Waals surface area contributed by atoms with E-state index in [1.807, 2.05) is 0 Å². The second-order valence-electron chi connectivity index (χ2n) is 6.63. The number of carboxylic acid groups (broad SMARTS) is 1. The third-order valence-electron chi connectivity index (χ3n) is 4.79. The molecule has 10 heteroatoms. The fraction of sp³-hybridized carbons (Fsp3) is 0.471. The van der Waals surface area contributed by atoms with E-state index in [1.165, 1.54) is 25.1 Å². The Bertz CT molecular complexity index is 717. The van der Waals surface area contributed by atoms with Crippen molar-refractivity contribution in [2.45, 2.75) is 32.1 Å². The van der Waals surface area contributed by atoms with E-state index < -0.39 is 24.8 Å². The Hall–Kier alpha value is -2.59. The lowest BCUT2D eigenvalue weighted by Gasteiger charge is -2.31. The van der Waals surface area contributed by atoms with Crippen LogP contribution < -0.4 is 5.32 Å². The molecule has 0 unspecified atom stereocenters. The van der Waals surface area contributed by atoms with Crippen molar-refractivity contribution in [2.75, 3.05) is 13.1 Å². The van der Waals surface area contributed by atoms with Crippen LogP contribution in [-0.2, 0) is 16.0 Å². The molecule has 2 rings (SSSR count). The Labute approximate surface area is 156 Å². The van der Waals surface area contributed by atoms with Crippen LogP contribution in [0.4, 0.5) is 0 Å². The van der Waals surface area contributed by atoms with Gasteiger partial charge in [0.1, 0.15) is 11.3 Å². The normalized spacial score (nSPS) is 15.9. The van der Waals surface area contributed by atoms with Gasteiger partial charge >= 0.3 is 13.1 Å². The Morgan fingerprint density at radius 3 is 2.41 bits per heavy atom. The van der Waals surface area contributed by atoms with Crippen molar-refractivity contribution in [1.82, 2.24) is 10.2 Å². The van der Waals surface area contributed by atoms with Gasteiger partial charge in [-0.2, -0.15) is 0 Å². The maximum absolute atomic E-state index is 12.4. The molecule has 2 amide bonds. The summed E-state index contributed by atoms with van der Waals surface area (Å²) in [6.07, 6.45) is 0.793. The largest absolute Gasteiger partial charge is 0.507 e. The summed E-state index contributed by atoms with van der Waals surface area (Å²) >= 11 is 0. The summed E-state index contributed by atoms with van der Waals surface area (Å²) in [4.78, 5) is 36.5. The summed E-state index contributed by atoms with van der Waals surface area (Å²) in [7, 11) is -1.89. The monoisotopic (exact) mass is 378 g/mol. The second kappa shape index (κ2) is 8.87. The molecule has 1 aromatic carbocycles. The molecule has 0 radical (unpaired) electrons. The second-order valence-corrected chi connectivity index (χ2v) is 6.63. The van der Waals surface area contributed by atoms with Gasteiger partial charge in [0, 0.05) is 25.9 Å². The van der Waals surface area contributed by atoms with E-state index >= 15 is 0 Å². The molecule has 27 heavy (non-hydrogen) atoms. The van der Waals surface area contributed by atoms with Crippen LogP contribution in [0.1, 0.15) is 35.7 Å². The first-order valence-electron chi connectivity index (χ1n) is 8.67. The van der Waals surface area contributed by atoms with E-state index in [1.54, 1.807) is 4.90 Å². The molecule has 1 aromatic rings. The third-order valence-corrected chi connectivity index (χ3v) is 4.79. The molecule has 1 heterocycles. The zero-order chi connectivity index (χ0) is 20.1. The quantitative estimate of drug-likeness (QED) is 0.415. The van der Waals surface area contributed by atoms with Gasteiger partial charge in [0.2, 0.25) is 11.8 Å². The molecule has 5 N–H and O–H groups in total. The van der Waals surface area contributed by atoms with E-state index in [0.29, 0.717) is 25.9 Å². The number of amides is 2. The Kier molecular flexibility index (Phi) is 6.81. The van der Waals surface area contributed by atoms with Gasteiger partial charge in [0.15, 0.2) is 0 Å². The van der Waals surface area contributed by atoms with Crippen molar-refractivity contribution in [2.24, 2.45) is 5.92 Å². The van der Waals surface area contributed by atoms with Crippen LogP contribution in [0.15, 0.2) is 18.2 Å². The van der Waals surface area contributed by atoms with Gasteiger partial charge in [-0.3, -0.25) is 9.59 Å². The molecule has 0 aromatic heterocycles. The van der Waals surface area contributed by atoms with E-state index in [9.17, 15) is 29.5 Å². The number of carbonyl (C=O) groups is 3. The Morgan fingerprint density at radius 2 is 1.89 bits per heavy atom. The molecule has 1 aliphatic heterocycles. The molecule has 146 valence electrons. The summed E-state index contributed by atoms with van der Waals surface area (Å²) in [6.45, 7) is 2.39. The number of aromatic carboxylic acids is 1. The first-order valence-corrected chi connectivity index (χ1v) is 8.67. The Balaban J connectivity index is 2.04. The van der Waals surface area contributed by atoms with Gasteiger partial charge in [0.25, 0.3) is 0 Å². The summed E-state index contributed by atoms with van der Waals surface area (Å²) in [6, 6.07) is 4.11. The fourth-order valence-corrected chi connectivity index (χ4v) is 3.15. The molecule has 0 bridgehead atoms. The number of piperidine rings is 1. The third kappa shape index (κ3) is 5.21. The fourth-order valence-electron chi connectivity index (χ4n) is 3.15. The minimum Gasteiger partial charge on any atom is -0.507 e.